The van der Waals surface area contributed by atoms with Crippen molar-refractivity contribution in [3.63, 3.8) is 0 Å². The van der Waals surface area contributed by atoms with Gasteiger partial charge in [-0.2, -0.15) is 13.2 Å². The number of phenols is 1. The monoisotopic (exact) mass is 574 g/mol. The van der Waals surface area contributed by atoms with E-state index in [9.17, 15) is 28.2 Å². The minimum atomic E-state index is -4.59. The number of aliphatic hydroxyl groups is 1. The molecule has 9 nitrogen and oxygen atoms in total. The summed E-state index contributed by atoms with van der Waals surface area (Å²) >= 11 is 0. The lowest BCUT2D eigenvalue weighted by atomic mass is 9.91. The fourth-order valence-electron chi connectivity index (χ4n) is 4.42. The molecule has 0 saturated heterocycles. The second-order valence-electron chi connectivity index (χ2n) is 9.65. The average molecular weight is 575 g/mol. The molecule has 214 valence electrons. The molecule has 42 heavy (non-hydrogen) atoms. The van der Waals surface area contributed by atoms with Crippen molar-refractivity contribution in [2.45, 2.75) is 26.1 Å². The predicted molar refractivity (Wildman–Crippen MR) is 152 cm³/mol. The molecule has 0 aliphatic heterocycles. The van der Waals surface area contributed by atoms with Crippen LogP contribution in [0.3, 0.4) is 0 Å². The molecular formula is C30H25F3N6O3. The molecule has 0 fully saturated rings. The third-order valence-corrected chi connectivity index (χ3v) is 6.58. The highest BCUT2D eigenvalue weighted by atomic mass is 19.4. The Kier molecular flexibility index (Phi) is 7.72. The Morgan fingerprint density at radius 3 is 2.48 bits per heavy atom. The lowest BCUT2D eigenvalue weighted by Gasteiger charge is -2.17. The van der Waals surface area contributed by atoms with E-state index < -0.39 is 17.6 Å². The minimum absolute atomic E-state index is 0.103. The molecule has 5 rings (SSSR count). The topological polar surface area (TPSA) is 133 Å². The maximum Gasteiger partial charge on any atom is 0.416 e. The first kappa shape index (κ1) is 28.4. The number of pyridine rings is 2. The number of benzene rings is 2. The normalized spacial score (nSPS) is 12.2. The summed E-state index contributed by atoms with van der Waals surface area (Å²) < 4.78 is 39.4. The van der Waals surface area contributed by atoms with Gasteiger partial charge in [-0.05, 0) is 73.0 Å². The van der Waals surface area contributed by atoms with Crippen molar-refractivity contribution in [3.8, 4) is 28.0 Å². The summed E-state index contributed by atoms with van der Waals surface area (Å²) in [6.07, 6.45) is 1.14. The zero-order valence-electron chi connectivity index (χ0n) is 22.4. The summed E-state index contributed by atoms with van der Waals surface area (Å²) in [6, 6.07) is 11.2. The number of anilines is 2. The molecular weight excluding hydrogens is 549 g/mol. The maximum atomic E-state index is 13.1. The zero-order valence-corrected chi connectivity index (χ0v) is 22.4. The van der Waals surface area contributed by atoms with Crippen LogP contribution >= 0.6 is 0 Å². The van der Waals surface area contributed by atoms with Gasteiger partial charge < -0.3 is 20.8 Å². The lowest BCUT2D eigenvalue weighted by Crippen LogP contribution is -2.20. The van der Waals surface area contributed by atoms with Crippen molar-refractivity contribution < 1.29 is 28.2 Å². The van der Waals surface area contributed by atoms with E-state index in [1.165, 1.54) is 6.07 Å². The van der Waals surface area contributed by atoms with Crippen molar-refractivity contribution in [2.75, 3.05) is 17.2 Å². The number of carbonyl (C=O) groups is 1. The Morgan fingerprint density at radius 2 is 1.76 bits per heavy atom. The van der Waals surface area contributed by atoms with Gasteiger partial charge in [0.1, 0.15) is 11.6 Å². The van der Waals surface area contributed by atoms with Crippen LogP contribution in [0.1, 0.15) is 28.4 Å². The molecule has 4 N–H and O–H groups in total. The van der Waals surface area contributed by atoms with Crippen LogP contribution in [0.15, 0.2) is 73.3 Å². The van der Waals surface area contributed by atoms with E-state index in [1.54, 1.807) is 62.8 Å². The molecule has 0 bridgehead atoms. The Balaban J connectivity index is 1.60. The van der Waals surface area contributed by atoms with Crippen molar-refractivity contribution in [3.05, 3.63) is 90.0 Å². The molecule has 1 unspecified atom stereocenters. The SMILES string of the molecule is Cc1ccc(C(=O)Nc2cc(C(F)(F)F)ccn2)cc1-c1cc2cnc(NC(C)CO)nc2c(-c2ccncc2)c1O. The Labute approximate surface area is 238 Å². The fourth-order valence-corrected chi connectivity index (χ4v) is 4.42. The Hall–Kier alpha value is -5.10. The number of carbonyl (C=O) groups excluding carboxylic acids is 1. The number of nitrogens with one attached hydrogen (secondary N) is 2. The van der Waals surface area contributed by atoms with Gasteiger partial charge in [0.2, 0.25) is 5.95 Å². The van der Waals surface area contributed by atoms with E-state index in [2.05, 4.69) is 30.6 Å². The summed E-state index contributed by atoms with van der Waals surface area (Å²) in [6.45, 7) is 3.45. The van der Waals surface area contributed by atoms with E-state index >= 15 is 0 Å². The van der Waals surface area contributed by atoms with Crippen LogP contribution in [0, 0.1) is 6.92 Å². The third kappa shape index (κ3) is 5.84. The van der Waals surface area contributed by atoms with Crippen molar-refractivity contribution >= 4 is 28.6 Å². The molecule has 2 aromatic carbocycles. The summed E-state index contributed by atoms with van der Waals surface area (Å²) in [4.78, 5) is 29.9. The van der Waals surface area contributed by atoms with Gasteiger partial charge in [-0.15, -0.1) is 0 Å². The third-order valence-electron chi connectivity index (χ3n) is 6.58. The first-order valence-corrected chi connectivity index (χ1v) is 12.8. The summed E-state index contributed by atoms with van der Waals surface area (Å²) in [5.41, 5.74) is 2.35. The highest BCUT2D eigenvalue weighted by Gasteiger charge is 2.31. The van der Waals surface area contributed by atoms with Gasteiger partial charge in [-0.3, -0.25) is 9.78 Å². The summed E-state index contributed by atoms with van der Waals surface area (Å²) in [7, 11) is 0. The number of fused-ring (bicyclic) bond motifs is 1. The molecule has 0 aliphatic rings. The number of phenolic OH excluding ortho intramolecular Hbond substituents is 1. The van der Waals surface area contributed by atoms with E-state index in [1.807, 2.05) is 0 Å². The number of aromatic hydroxyl groups is 1. The number of hydrogen-bond acceptors (Lipinski definition) is 8. The predicted octanol–water partition coefficient (Wildman–Crippen LogP) is 5.83. The highest BCUT2D eigenvalue weighted by molar-refractivity contribution is 6.06. The first-order valence-electron chi connectivity index (χ1n) is 12.8. The van der Waals surface area contributed by atoms with E-state index in [4.69, 9.17) is 0 Å². The van der Waals surface area contributed by atoms with Crippen LogP contribution in [0.4, 0.5) is 24.9 Å². The highest BCUT2D eigenvalue weighted by Crippen LogP contribution is 2.44. The molecule has 0 spiro atoms. The van der Waals surface area contributed by atoms with Gasteiger partial charge in [0.25, 0.3) is 5.91 Å². The molecule has 0 aliphatic carbocycles. The zero-order chi connectivity index (χ0) is 30.0. The van der Waals surface area contributed by atoms with Gasteiger partial charge in [-0.25, -0.2) is 15.0 Å². The summed E-state index contributed by atoms with van der Waals surface area (Å²) in [5.74, 6) is -0.754. The van der Waals surface area contributed by atoms with Crippen molar-refractivity contribution in [1.82, 2.24) is 19.9 Å². The van der Waals surface area contributed by atoms with Gasteiger partial charge in [0.05, 0.1) is 23.3 Å². The van der Waals surface area contributed by atoms with Crippen molar-refractivity contribution in [2.24, 2.45) is 0 Å². The van der Waals surface area contributed by atoms with Gasteiger partial charge in [0.15, 0.2) is 0 Å². The smallest absolute Gasteiger partial charge is 0.416 e. The number of amides is 1. The van der Waals surface area contributed by atoms with Crippen LogP contribution < -0.4 is 10.6 Å². The van der Waals surface area contributed by atoms with Crippen LogP contribution in [-0.2, 0) is 6.18 Å². The number of aromatic nitrogens is 4. The number of aryl methyl sites for hydroxylation is 1. The average Bonchev–Trinajstić information content (AvgIpc) is 2.97. The standard InChI is InChI=1S/C30H25F3N6O3/c1-16-3-4-19(28(42)38-24-13-21(7-10-35-24)30(31,32)33)11-22(16)23-12-20-14-36-29(37-17(2)15-40)39-26(20)25(27(23)41)18-5-8-34-9-6-18/h3-14,17,40-41H,15H2,1-2H3,(H,35,38,42)(H,36,37,39). The summed E-state index contributed by atoms with van der Waals surface area (Å²) in [5, 5.41) is 27.1. The number of hydrogen-bond donors (Lipinski definition) is 4. The van der Waals surface area contributed by atoms with Crippen molar-refractivity contribution in [1.29, 1.82) is 0 Å². The molecule has 3 heterocycles. The number of aliphatic hydroxyl groups excluding tert-OH is 1. The molecule has 12 heteroatoms. The van der Waals surface area contributed by atoms with Gasteiger partial charge >= 0.3 is 6.18 Å². The Morgan fingerprint density at radius 1 is 1.00 bits per heavy atom. The Bertz CT molecular complexity index is 1780. The minimum Gasteiger partial charge on any atom is -0.507 e. The molecule has 1 atom stereocenters. The number of nitrogens with zero attached hydrogens (tertiary/aromatic N) is 4. The van der Waals surface area contributed by atoms with E-state index in [-0.39, 0.29) is 35.7 Å². The second-order valence-corrected chi connectivity index (χ2v) is 9.65. The number of halogens is 3. The van der Waals surface area contributed by atoms with Crippen LogP contribution in [-0.4, -0.2) is 48.7 Å². The van der Waals surface area contributed by atoms with Gasteiger partial charge in [-0.1, -0.05) is 6.07 Å². The molecule has 0 saturated carbocycles. The second kappa shape index (κ2) is 11.4. The van der Waals surface area contributed by atoms with Crippen LogP contribution in [0.5, 0.6) is 5.75 Å². The lowest BCUT2D eigenvalue weighted by molar-refractivity contribution is -0.137. The fraction of sp³-hybridized carbons (Fsp3) is 0.167. The van der Waals surface area contributed by atoms with Gasteiger partial charge in [0, 0.05) is 47.3 Å². The molecule has 0 radical (unpaired) electrons. The number of alkyl halides is 3. The maximum absolute atomic E-state index is 13.1. The largest absolute Gasteiger partial charge is 0.507 e. The first-order chi connectivity index (χ1) is 20.0. The molecule has 5 aromatic rings. The van der Waals surface area contributed by atoms with Crippen LogP contribution in [0.25, 0.3) is 33.2 Å². The number of rotatable bonds is 7. The molecule has 1 amide bonds. The molecule has 3 aromatic heterocycles. The van der Waals surface area contributed by atoms with Crippen LogP contribution in [0.2, 0.25) is 0 Å². The quantitative estimate of drug-likeness (QED) is 0.191. The van der Waals surface area contributed by atoms with E-state index in [0.29, 0.717) is 33.2 Å². The van der Waals surface area contributed by atoms with E-state index in [0.717, 1.165) is 23.9 Å².